The molecule has 35 heavy (non-hydrogen) atoms. The molecule has 7 heteroatoms. The van der Waals surface area contributed by atoms with Gasteiger partial charge in [-0.2, -0.15) is 0 Å². The summed E-state index contributed by atoms with van der Waals surface area (Å²) in [4.78, 5) is 0. The third kappa shape index (κ3) is 8.58. The second-order valence-corrected chi connectivity index (χ2v) is 9.41. The highest BCUT2D eigenvalue weighted by Crippen LogP contribution is 2.30. The van der Waals surface area contributed by atoms with Crippen LogP contribution >= 0.6 is 28.3 Å². The maximum absolute atomic E-state index is 14.2. The Balaban J connectivity index is 0.00000342. The lowest BCUT2D eigenvalue weighted by atomic mass is 9.87. The van der Waals surface area contributed by atoms with Crippen LogP contribution in [0.4, 0.5) is 4.39 Å². The largest absolute Gasteiger partial charge is 0.494 e. The van der Waals surface area contributed by atoms with Gasteiger partial charge in [0, 0.05) is 28.9 Å². The van der Waals surface area contributed by atoms with E-state index in [4.69, 9.17) is 14.2 Å². The van der Waals surface area contributed by atoms with Gasteiger partial charge in [0.1, 0.15) is 11.6 Å². The van der Waals surface area contributed by atoms with Crippen LogP contribution in [0.3, 0.4) is 0 Å². The van der Waals surface area contributed by atoms with Gasteiger partial charge in [-0.05, 0) is 48.4 Å². The fourth-order valence-electron chi connectivity index (χ4n) is 4.15. The van der Waals surface area contributed by atoms with Crippen molar-refractivity contribution >= 4 is 28.3 Å². The van der Waals surface area contributed by atoms with Crippen LogP contribution in [0.15, 0.2) is 77.3 Å². The van der Waals surface area contributed by atoms with Gasteiger partial charge in [0.25, 0.3) is 0 Å². The zero-order valence-corrected chi connectivity index (χ0v) is 22.0. The molecule has 1 aliphatic rings. The van der Waals surface area contributed by atoms with Crippen molar-refractivity contribution in [3.05, 3.63) is 99.8 Å². The topological polar surface area (TPSA) is 39.7 Å². The first-order valence-electron chi connectivity index (χ1n) is 11.8. The van der Waals surface area contributed by atoms with E-state index in [1.54, 1.807) is 6.07 Å². The second-order valence-electron chi connectivity index (χ2n) is 8.49. The average molecular weight is 565 g/mol. The molecule has 1 N–H and O–H groups in total. The number of halogens is 3. The standard InChI is InChI=1S/C28H31BrFNO3.ClH/c29-24-10-7-23(27(30)17-24)20-34-28-18-31-14-13-26(28)22-8-11-25(12-9-22)33-16-4-15-32-19-21-5-2-1-3-6-21;/h1-3,5-12,17,26,28,31H,4,13-16,18-20H2;1H. The molecule has 0 radical (unpaired) electrons. The SMILES string of the molecule is Cl.Fc1cc(Br)ccc1COC1CNCCC1c1ccc(OCCCOCc2ccccc2)cc1. The first-order chi connectivity index (χ1) is 16.7. The quantitative estimate of drug-likeness (QED) is 0.265. The summed E-state index contributed by atoms with van der Waals surface area (Å²) in [5, 5.41) is 3.40. The van der Waals surface area contributed by atoms with Gasteiger partial charge in [-0.1, -0.05) is 64.5 Å². The fraction of sp³-hybridized carbons (Fsp3) is 0.357. The second kappa shape index (κ2) is 14.6. The highest BCUT2D eigenvalue weighted by Gasteiger charge is 2.27. The minimum absolute atomic E-state index is 0. The summed E-state index contributed by atoms with van der Waals surface area (Å²) in [5.41, 5.74) is 2.98. The normalized spacial score (nSPS) is 17.5. The third-order valence-corrected chi connectivity index (χ3v) is 6.51. The molecule has 1 heterocycles. The summed E-state index contributed by atoms with van der Waals surface area (Å²) in [6.07, 6.45) is 1.81. The molecule has 2 unspecified atom stereocenters. The Kier molecular flexibility index (Phi) is 11.5. The Morgan fingerprint density at radius 3 is 2.51 bits per heavy atom. The van der Waals surface area contributed by atoms with E-state index in [1.807, 2.05) is 36.4 Å². The number of hydrogen-bond donors (Lipinski definition) is 1. The Bertz CT molecular complexity index is 1020. The van der Waals surface area contributed by atoms with E-state index in [9.17, 15) is 4.39 Å². The van der Waals surface area contributed by atoms with Gasteiger partial charge >= 0.3 is 0 Å². The molecule has 0 saturated carbocycles. The summed E-state index contributed by atoms with van der Waals surface area (Å²) in [5.74, 6) is 0.872. The molecule has 4 nitrogen and oxygen atoms in total. The van der Waals surface area contributed by atoms with Crippen LogP contribution in [-0.2, 0) is 22.7 Å². The molecule has 0 amide bonds. The van der Waals surface area contributed by atoms with Gasteiger partial charge in [0.15, 0.2) is 0 Å². The highest BCUT2D eigenvalue weighted by molar-refractivity contribution is 9.10. The molecule has 188 valence electrons. The zero-order chi connectivity index (χ0) is 23.6. The Labute approximate surface area is 221 Å². The van der Waals surface area contributed by atoms with Crippen LogP contribution < -0.4 is 10.1 Å². The number of piperidine rings is 1. The van der Waals surface area contributed by atoms with Gasteiger partial charge in [-0.3, -0.25) is 0 Å². The highest BCUT2D eigenvalue weighted by atomic mass is 79.9. The third-order valence-electron chi connectivity index (χ3n) is 6.02. The summed E-state index contributed by atoms with van der Waals surface area (Å²) >= 11 is 3.30. The molecule has 0 bridgehead atoms. The fourth-order valence-corrected chi connectivity index (χ4v) is 4.48. The maximum Gasteiger partial charge on any atom is 0.129 e. The number of nitrogens with one attached hydrogen (secondary N) is 1. The van der Waals surface area contributed by atoms with E-state index in [1.165, 1.54) is 17.2 Å². The van der Waals surface area contributed by atoms with E-state index in [-0.39, 0.29) is 36.9 Å². The number of hydrogen-bond acceptors (Lipinski definition) is 4. The van der Waals surface area contributed by atoms with Gasteiger partial charge in [-0.25, -0.2) is 4.39 Å². The molecule has 0 aliphatic carbocycles. The Hall–Kier alpha value is -1.96. The van der Waals surface area contributed by atoms with Gasteiger partial charge < -0.3 is 19.5 Å². The first-order valence-corrected chi connectivity index (χ1v) is 12.6. The van der Waals surface area contributed by atoms with E-state index in [0.717, 1.165) is 36.2 Å². The smallest absolute Gasteiger partial charge is 0.129 e. The average Bonchev–Trinajstić information content (AvgIpc) is 2.87. The van der Waals surface area contributed by atoms with Gasteiger partial charge in [0.05, 0.1) is 32.5 Å². The minimum atomic E-state index is -0.248. The predicted molar refractivity (Wildman–Crippen MR) is 143 cm³/mol. The zero-order valence-electron chi connectivity index (χ0n) is 19.6. The summed E-state index contributed by atoms with van der Waals surface area (Å²) in [6, 6.07) is 23.5. The molecule has 2 atom stereocenters. The molecular weight excluding hydrogens is 533 g/mol. The summed E-state index contributed by atoms with van der Waals surface area (Å²) in [6.45, 7) is 3.87. The van der Waals surface area contributed by atoms with E-state index in [2.05, 4.69) is 45.5 Å². The van der Waals surface area contributed by atoms with Crippen molar-refractivity contribution in [1.82, 2.24) is 5.32 Å². The molecule has 0 aromatic heterocycles. The molecule has 1 saturated heterocycles. The van der Waals surface area contributed by atoms with Crippen molar-refractivity contribution in [3.63, 3.8) is 0 Å². The lowest BCUT2D eigenvalue weighted by Gasteiger charge is -2.32. The maximum atomic E-state index is 14.2. The van der Waals surface area contributed by atoms with Crippen molar-refractivity contribution in [2.45, 2.75) is 38.1 Å². The number of ether oxygens (including phenoxy) is 3. The monoisotopic (exact) mass is 563 g/mol. The molecular formula is C28H32BrClFNO3. The first kappa shape index (κ1) is 27.6. The molecule has 0 spiro atoms. The van der Waals surface area contributed by atoms with Crippen LogP contribution in [0, 0.1) is 5.82 Å². The van der Waals surface area contributed by atoms with Crippen molar-refractivity contribution < 1.29 is 18.6 Å². The van der Waals surface area contributed by atoms with Crippen molar-refractivity contribution in [3.8, 4) is 5.75 Å². The van der Waals surface area contributed by atoms with Gasteiger partial charge in [-0.15, -0.1) is 12.4 Å². The van der Waals surface area contributed by atoms with Crippen LogP contribution in [0.2, 0.25) is 0 Å². The van der Waals surface area contributed by atoms with Crippen LogP contribution in [0.5, 0.6) is 5.75 Å². The minimum Gasteiger partial charge on any atom is -0.494 e. The lowest BCUT2D eigenvalue weighted by Crippen LogP contribution is -2.41. The Morgan fingerprint density at radius 2 is 1.74 bits per heavy atom. The van der Waals surface area contributed by atoms with Gasteiger partial charge in [0.2, 0.25) is 0 Å². The number of rotatable bonds is 11. The Morgan fingerprint density at radius 1 is 0.943 bits per heavy atom. The van der Waals surface area contributed by atoms with Crippen molar-refractivity contribution in [2.75, 3.05) is 26.3 Å². The molecule has 3 aromatic rings. The van der Waals surface area contributed by atoms with Crippen LogP contribution in [0.25, 0.3) is 0 Å². The summed E-state index contributed by atoms with van der Waals surface area (Å²) in [7, 11) is 0. The number of benzene rings is 3. The van der Waals surface area contributed by atoms with Crippen LogP contribution in [-0.4, -0.2) is 32.4 Å². The van der Waals surface area contributed by atoms with E-state index in [0.29, 0.717) is 25.4 Å². The summed E-state index contributed by atoms with van der Waals surface area (Å²) < 4.78 is 32.7. The molecule has 1 fully saturated rings. The van der Waals surface area contributed by atoms with E-state index >= 15 is 0 Å². The molecule has 3 aromatic carbocycles. The van der Waals surface area contributed by atoms with Crippen LogP contribution in [0.1, 0.15) is 35.4 Å². The van der Waals surface area contributed by atoms with Crippen molar-refractivity contribution in [1.29, 1.82) is 0 Å². The van der Waals surface area contributed by atoms with E-state index < -0.39 is 0 Å². The molecule has 1 aliphatic heterocycles. The van der Waals surface area contributed by atoms with Crippen molar-refractivity contribution in [2.24, 2.45) is 0 Å². The predicted octanol–water partition coefficient (Wildman–Crippen LogP) is 6.66. The molecule has 4 rings (SSSR count). The lowest BCUT2D eigenvalue weighted by molar-refractivity contribution is 0.00937.